The molecule has 3 N–H and O–H groups in total. The van der Waals surface area contributed by atoms with Crippen molar-refractivity contribution in [2.75, 3.05) is 29.6 Å². The maximum Gasteiger partial charge on any atom is 0.309 e. The van der Waals surface area contributed by atoms with Crippen LogP contribution in [0.25, 0.3) is 0 Å². The number of hydrogen-bond acceptors (Lipinski definition) is 6. The van der Waals surface area contributed by atoms with Crippen LogP contribution in [-0.2, 0) is 16.1 Å². The second-order valence-corrected chi connectivity index (χ2v) is 6.98. The smallest absolute Gasteiger partial charge is 0.309 e. The first-order chi connectivity index (χ1) is 10.1. The molecule has 2 heterocycles. The van der Waals surface area contributed by atoms with Gasteiger partial charge in [-0.15, -0.1) is 0 Å². The minimum Gasteiger partial charge on any atom is -0.467 e. The van der Waals surface area contributed by atoms with Crippen LogP contribution in [0.2, 0.25) is 0 Å². The lowest BCUT2D eigenvalue weighted by Crippen LogP contribution is -2.50. The Morgan fingerprint density at radius 2 is 1.90 bits per heavy atom. The quantitative estimate of drug-likeness (QED) is 0.684. The summed E-state index contributed by atoms with van der Waals surface area (Å²) in [4.78, 5) is 23.3. The Balaban J connectivity index is 1.74. The molecule has 0 bridgehead atoms. The fourth-order valence-electron chi connectivity index (χ4n) is 1.77. The van der Waals surface area contributed by atoms with Gasteiger partial charge in [0.2, 0.25) is 0 Å². The molecule has 0 radical (unpaired) electrons. The molecule has 8 heteroatoms. The summed E-state index contributed by atoms with van der Waals surface area (Å²) in [5.74, 6) is 2.21. The van der Waals surface area contributed by atoms with Crippen LogP contribution in [0, 0.1) is 0 Å². The normalized spacial score (nSPS) is 17.8. The molecule has 0 aliphatic carbocycles. The first kappa shape index (κ1) is 16.3. The lowest BCUT2D eigenvalue weighted by molar-refractivity contribution is -0.139. The molecule has 0 spiro atoms. The molecule has 1 aliphatic heterocycles. The molecule has 1 fully saturated rings. The van der Waals surface area contributed by atoms with Crippen LogP contribution >= 0.6 is 23.5 Å². The van der Waals surface area contributed by atoms with Crippen LogP contribution in [0.15, 0.2) is 22.8 Å². The first-order valence-electron chi connectivity index (χ1n) is 6.55. The number of aliphatic hydroxyl groups is 1. The SMILES string of the molecule is O=C(NCc1ccco1)C(=O)NCC1(O)CSCCSC1. The fourth-order valence-corrected chi connectivity index (χ4v) is 4.30. The number of furan rings is 1. The molecule has 1 aromatic rings. The Morgan fingerprint density at radius 3 is 2.52 bits per heavy atom. The summed E-state index contributed by atoms with van der Waals surface area (Å²) >= 11 is 3.31. The average molecular weight is 330 g/mol. The number of hydrogen-bond donors (Lipinski definition) is 3. The van der Waals surface area contributed by atoms with Crippen molar-refractivity contribution >= 4 is 35.3 Å². The Labute approximate surface area is 131 Å². The highest BCUT2D eigenvalue weighted by Gasteiger charge is 2.30. The molecule has 1 saturated heterocycles. The van der Waals surface area contributed by atoms with E-state index in [9.17, 15) is 14.7 Å². The second kappa shape index (κ2) is 7.77. The van der Waals surface area contributed by atoms with Crippen LogP contribution in [0.4, 0.5) is 0 Å². The van der Waals surface area contributed by atoms with Crippen LogP contribution < -0.4 is 10.6 Å². The first-order valence-corrected chi connectivity index (χ1v) is 8.86. The van der Waals surface area contributed by atoms with Crippen molar-refractivity contribution in [3.8, 4) is 0 Å². The summed E-state index contributed by atoms with van der Waals surface area (Å²) in [5, 5.41) is 15.3. The highest BCUT2D eigenvalue weighted by atomic mass is 32.2. The lowest BCUT2D eigenvalue weighted by atomic mass is 10.1. The molecule has 0 unspecified atom stereocenters. The van der Waals surface area contributed by atoms with Crippen molar-refractivity contribution in [1.82, 2.24) is 10.6 Å². The van der Waals surface area contributed by atoms with E-state index < -0.39 is 17.4 Å². The number of carbonyl (C=O) groups is 2. The van der Waals surface area contributed by atoms with E-state index in [2.05, 4.69) is 10.6 Å². The van der Waals surface area contributed by atoms with Crippen LogP contribution in [-0.4, -0.2) is 52.1 Å². The maximum atomic E-state index is 11.7. The van der Waals surface area contributed by atoms with E-state index in [0.29, 0.717) is 17.3 Å². The van der Waals surface area contributed by atoms with Crippen LogP contribution in [0.1, 0.15) is 5.76 Å². The van der Waals surface area contributed by atoms with E-state index in [1.54, 1.807) is 35.7 Å². The summed E-state index contributed by atoms with van der Waals surface area (Å²) in [6.07, 6.45) is 1.50. The van der Waals surface area contributed by atoms with E-state index in [0.717, 1.165) is 11.5 Å². The van der Waals surface area contributed by atoms with Crippen molar-refractivity contribution in [3.63, 3.8) is 0 Å². The van der Waals surface area contributed by atoms with Gasteiger partial charge in [0.25, 0.3) is 0 Å². The van der Waals surface area contributed by atoms with Crippen molar-refractivity contribution in [2.45, 2.75) is 12.1 Å². The number of nitrogens with one attached hydrogen (secondary N) is 2. The molecule has 0 atom stereocenters. The summed E-state index contributed by atoms with van der Waals surface area (Å²) < 4.78 is 5.06. The molecular weight excluding hydrogens is 312 g/mol. The number of thioether (sulfide) groups is 2. The molecule has 2 rings (SSSR count). The Kier molecular flexibility index (Phi) is 6.01. The van der Waals surface area contributed by atoms with Gasteiger partial charge in [-0.2, -0.15) is 23.5 Å². The molecule has 6 nitrogen and oxygen atoms in total. The molecule has 1 aliphatic rings. The maximum absolute atomic E-state index is 11.7. The van der Waals surface area contributed by atoms with Gasteiger partial charge in [0.1, 0.15) is 5.76 Å². The van der Waals surface area contributed by atoms with E-state index in [4.69, 9.17) is 4.42 Å². The Hall–Kier alpha value is -1.12. The topological polar surface area (TPSA) is 91.6 Å². The minimum absolute atomic E-state index is 0.0833. The van der Waals surface area contributed by atoms with Crippen molar-refractivity contribution in [3.05, 3.63) is 24.2 Å². The second-order valence-electron chi connectivity index (χ2n) is 4.77. The summed E-state index contributed by atoms with van der Waals surface area (Å²) in [6, 6.07) is 3.42. The molecule has 0 aromatic carbocycles. The largest absolute Gasteiger partial charge is 0.467 e. The van der Waals surface area contributed by atoms with Gasteiger partial charge in [0.15, 0.2) is 0 Å². The predicted molar refractivity (Wildman–Crippen MR) is 83.2 cm³/mol. The Bertz CT molecular complexity index is 471. The number of carbonyl (C=O) groups excluding carboxylic acids is 2. The molecule has 21 heavy (non-hydrogen) atoms. The zero-order valence-corrected chi connectivity index (χ0v) is 13.1. The summed E-state index contributed by atoms with van der Waals surface area (Å²) in [7, 11) is 0. The van der Waals surface area contributed by atoms with Crippen LogP contribution in [0.5, 0.6) is 0 Å². The van der Waals surface area contributed by atoms with Gasteiger partial charge in [-0.1, -0.05) is 0 Å². The van der Waals surface area contributed by atoms with E-state index in [-0.39, 0.29) is 13.1 Å². The average Bonchev–Trinajstić information content (AvgIpc) is 2.90. The number of amides is 2. The van der Waals surface area contributed by atoms with Crippen LogP contribution in [0.3, 0.4) is 0 Å². The van der Waals surface area contributed by atoms with E-state index >= 15 is 0 Å². The standard InChI is InChI=1S/C13H18N2O4S2/c16-11(14-6-10-2-1-3-19-10)12(17)15-7-13(18)8-20-4-5-21-9-13/h1-3,18H,4-9H2,(H,14,16)(H,15,17). The van der Waals surface area contributed by atoms with Gasteiger partial charge in [0.05, 0.1) is 18.4 Å². The summed E-state index contributed by atoms with van der Waals surface area (Å²) in [6.45, 7) is 0.245. The molecule has 2 amide bonds. The zero-order valence-electron chi connectivity index (χ0n) is 11.5. The van der Waals surface area contributed by atoms with Gasteiger partial charge in [-0.3, -0.25) is 9.59 Å². The van der Waals surface area contributed by atoms with Crippen molar-refractivity contribution < 1.29 is 19.1 Å². The van der Waals surface area contributed by atoms with Gasteiger partial charge < -0.3 is 20.2 Å². The van der Waals surface area contributed by atoms with Crippen molar-refractivity contribution in [1.29, 1.82) is 0 Å². The fraction of sp³-hybridized carbons (Fsp3) is 0.538. The van der Waals surface area contributed by atoms with Gasteiger partial charge in [-0.05, 0) is 12.1 Å². The highest BCUT2D eigenvalue weighted by Crippen LogP contribution is 2.24. The Morgan fingerprint density at radius 1 is 1.24 bits per heavy atom. The predicted octanol–water partition coefficient (Wildman–Crippen LogP) is 0.223. The molecule has 0 saturated carbocycles. The number of rotatable bonds is 4. The monoisotopic (exact) mass is 330 g/mol. The van der Waals surface area contributed by atoms with Crippen molar-refractivity contribution in [2.24, 2.45) is 0 Å². The molecular formula is C13H18N2O4S2. The third-order valence-electron chi connectivity index (χ3n) is 2.90. The third-order valence-corrected chi connectivity index (χ3v) is 5.63. The van der Waals surface area contributed by atoms with E-state index in [1.807, 2.05) is 0 Å². The zero-order chi connectivity index (χ0) is 15.1. The third kappa shape index (κ3) is 5.29. The van der Waals surface area contributed by atoms with Gasteiger partial charge in [-0.25, -0.2) is 0 Å². The lowest BCUT2D eigenvalue weighted by Gasteiger charge is -2.25. The molecule has 116 valence electrons. The highest BCUT2D eigenvalue weighted by molar-refractivity contribution is 8.03. The molecule has 1 aromatic heterocycles. The minimum atomic E-state index is -0.956. The van der Waals surface area contributed by atoms with E-state index in [1.165, 1.54) is 6.26 Å². The van der Waals surface area contributed by atoms with Gasteiger partial charge in [0, 0.05) is 29.6 Å². The van der Waals surface area contributed by atoms with Gasteiger partial charge >= 0.3 is 11.8 Å². The summed E-state index contributed by atoms with van der Waals surface area (Å²) in [5.41, 5.74) is -0.956.